The van der Waals surface area contributed by atoms with Gasteiger partial charge < -0.3 is 9.84 Å². The number of amides is 4. The van der Waals surface area contributed by atoms with Gasteiger partial charge in [0.25, 0.3) is 11.8 Å². The summed E-state index contributed by atoms with van der Waals surface area (Å²) in [5.41, 5.74) is -6.74. The Kier molecular flexibility index (Phi) is 8.66. The number of nitrogens with zero attached hydrogens (tertiary/aromatic N) is 2. The Morgan fingerprint density at radius 2 is 1.33 bits per heavy atom. The number of alkyl halides is 8. The van der Waals surface area contributed by atoms with E-state index in [1.165, 1.54) is 24.3 Å². The van der Waals surface area contributed by atoms with E-state index >= 15 is 8.78 Å². The Hall–Kier alpha value is -5.17. The number of hydrogen-bond acceptors (Lipinski definition) is 6. The highest BCUT2D eigenvalue weighted by Gasteiger charge is 2.77. The van der Waals surface area contributed by atoms with E-state index in [0.29, 0.717) is 0 Å². The molecule has 58 heavy (non-hydrogen) atoms. The summed E-state index contributed by atoms with van der Waals surface area (Å²) in [6.07, 6.45) is -10.2. The minimum absolute atomic E-state index is 0.0607. The molecule has 21 heteroatoms. The monoisotopic (exact) mass is 866 g/mol. The summed E-state index contributed by atoms with van der Waals surface area (Å²) in [5.74, 6) is -25.9. The van der Waals surface area contributed by atoms with Crippen LogP contribution in [0.5, 0.6) is 11.5 Å². The van der Waals surface area contributed by atoms with Gasteiger partial charge in [-0.25, -0.2) is 31.8 Å². The highest BCUT2D eigenvalue weighted by Crippen LogP contribution is 2.65. The van der Waals surface area contributed by atoms with Crippen LogP contribution in [0.4, 0.5) is 59.7 Å². The van der Waals surface area contributed by atoms with Gasteiger partial charge >= 0.3 is 12.4 Å². The number of rotatable bonds is 3. The van der Waals surface area contributed by atoms with Gasteiger partial charge in [-0.1, -0.05) is 11.6 Å². The van der Waals surface area contributed by atoms with Crippen LogP contribution >= 0.6 is 23.2 Å². The standard InChI is InChI=1S/C37H19Cl2F11N2O6/c38-34-10-20-18(2-3-19-22(20)31(55)51(30(19)54)16-8-14(36(45,46)47)7-15(9-16)37(48,49)50)23(13-5-12-6-17(53)1-4-21(12)58-11-13)35(34,39)33(57)52(32(34)56)29-27(43)25(41)24(40)26(42)28(29)44/h1-2,4,6-9,11,19-20,22-23,53H,3,5,10H2. The van der Waals surface area contributed by atoms with Gasteiger partial charge in [0.05, 0.1) is 34.9 Å². The van der Waals surface area contributed by atoms with Crippen molar-refractivity contribution in [3.05, 3.63) is 106 Å². The van der Waals surface area contributed by atoms with Gasteiger partial charge in [0.2, 0.25) is 17.6 Å². The molecular formula is C37H19Cl2F11N2O6. The number of carbonyl (C=O) groups excluding carboxylic acids is 4. The first-order valence-corrected chi connectivity index (χ1v) is 17.5. The molecule has 3 aromatic carbocycles. The third kappa shape index (κ3) is 5.33. The van der Waals surface area contributed by atoms with Gasteiger partial charge in [-0.3, -0.25) is 19.2 Å². The van der Waals surface area contributed by atoms with Crippen LogP contribution in [0.2, 0.25) is 0 Å². The lowest BCUT2D eigenvalue weighted by Gasteiger charge is -2.51. The second-order valence-electron chi connectivity index (χ2n) is 14.2. The Morgan fingerprint density at radius 1 is 0.741 bits per heavy atom. The molecule has 1 saturated carbocycles. The predicted molar refractivity (Wildman–Crippen MR) is 177 cm³/mol. The van der Waals surface area contributed by atoms with Crippen molar-refractivity contribution in [2.75, 3.05) is 9.80 Å². The summed E-state index contributed by atoms with van der Waals surface area (Å²) in [6.45, 7) is 0. The second-order valence-corrected chi connectivity index (χ2v) is 15.5. The number of anilines is 2. The van der Waals surface area contributed by atoms with Crippen LogP contribution in [0, 0.1) is 52.8 Å². The van der Waals surface area contributed by atoms with Gasteiger partial charge in [-0.2, -0.15) is 26.3 Å². The molecular weight excluding hydrogens is 848 g/mol. The van der Waals surface area contributed by atoms with Gasteiger partial charge in [0.1, 0.15) is 17.2 Å². The zero-order valence-corrected chi connectivity index (χ0v) is 29.9. The maximum Gasteiger partial charge on any atom is 0.416 e. The van der Waals surface area contributed by atoms with Gasteiger partial charge in [0, 0.05) is 17.9 Å². The van der Waals surface area contributed by atoms with E-state index in [0.717, 1.165) is 6.26 Å². The molecule has 0 radical (unpaired) electrons. The molecule has 5 aliphatic rings. The quantitative estimate of drug-likeness (QED) is 0.0711. The largest absolute Gasteiger partial charge is 0.508 e. The van der Waals surface area contributed by atoms with E-state index in [1.54, 1.807) is 0 Å². The van der Waals surface area contributed by atoms with E-state index in [9.17, 15) is 63.8 Å². The maximum atomic E-state index is 15.3. The van der Waals surface area contributed by atoms with Crippen LogP contribution in [-0.2, 0) is 38.0 Å². The smallest absolute Gasteiger partial charge is 0.416 e. The van der Waals surface area contributed by atoms with E-state index in [-0.39, 0.29) is 57.7 Å². The molecule has 3 aliphatic heterocycles. The van der Waals surface area contributed by atoms with Crippen LogP contribution in [0.1, 0.15) is 29.5 Å². The summed E-state index contributed by atoms with van der Waals surface area (Å²) in [5, 5.41) is 10.2. The van der Waals surface area contributed by atoms with Crippen LogP contribution < -0.4 is 14.5 Å². The van der Waals surface area contributed by atoms with Crippen molar-refractivity contribution < 1.29 is 77.3 Å². The number of hydrogen-bond donors (Lipinski definition) is 1. The first kappa shape index (κ1) is 39.6. The molecule has 3 aromatic rings. The van der Waals surface area contributed by atoms with Crippen molar-refractivity contribution in [2.45, 2.75) is 41.4 Å². The van der Waals surface area contributed by atoms with Crippen molar-refractivity contribution in [1.82, 2.24) is 0 Å². The lowest BCUT2D eigenvalue weighted by molar-refractivity contribution is -0.143. The minimum Gasteiger partial charge on any atom is -0.508 e. The Labute approximate surface area is 327 Å². The molecule has 0 aromatic heterocycles. The summed E-state index contributed by atoms with van der Waals surface area (Å²) in [6, 6.07) is 3.92. The molecule has 3 fully saturated rings. The third-order valence-electron chi connectivity index (χ3n) is 11.2. The molecule has 1 N–H and O–H groups in total. The number of fused-ring (bicyclic) bond motifs is 5. The topological polar surface area (TPSA) is 104 Å². The molecule has 304 valence electrons. The Morgan fingerprint density at radius 3 is 1.91 bits per heavy atom. The number of imide groups is 2. The van der Waals surface area contributed by atoms with Crippen LogP contribution in [0.3, 0.4) is 0 Å². The first-order chi connectivity index (χ1) is 26.9. The van der Waals surface area contributed by atoms with Gasteiger partial charge in [0.15, 0.2) is 33.0 Å². The zero-order valence-electron chi connectivity index (χ0n) is 28.3. The fraction of sp³-hybridized carbons (Fsp3) is 0.297. The van der Waals surface area contributed by atoms with Gasteiger partial charge in [-0.05, 0) is 60.7 Å². The summed E-state index contributed by atoms with van der Waals surface area (Å²) in [7, 11) is 0. The average Bonchev–Trinajstić information content (AvgIpc) is 3.49. The number of halogens is 13. The van der Waals surface area contributed by atoms with Crippen LogP contribution in [0.15, 0.2) is 59.9 Å². The van der Waals surface area contributed by atoms with Gasteiger partial charge in [-0.15, -0.1) is 23.2 Å². The fourth-order valence-electron chi connectivity index (χ4n) is 8.70. The van der Waals surface area contributed by atoms with E-state index in [4.69, 9.17) is 27.9 Å². The normalized spacial score (nSPS) is 28.2. The average molecular weight is 867 g/mol. The SMILES string of the molecule is O=C1C2CC=C3C(CC4(Cl)C(=O)N(c5c(F)c(F)c(F)c(F)c5F)C(=O)C4(Cl)C3C3=COc4ccc(O)cc4C3)C2C(=O)N1c1cc(C(F)(F)F)cc(C(F)(F)F)c1. The fourth-order valence-corrected chi connectivity index (χ4v) is 9.65. The highest BCUT2D eigenvalue weighted by molar-refractivity contribution is 6.58. The lowest BCUT2D eigenvalue weighted by atomic mass is 9.56. The maximum absolute atomic E-state index is 15.3. The molecule has 6 atom stereocenters. The van der Waals surface area contributed by atoms with E-state index < -0.39 is 139 Å². The summed E-state index contributed by atoms with van der Waals surface area (Å²) in [4.78, 5) is 50.8. The molecule has 2 saturated heterocycles. The van der Waals surface area contributed by atoms with E-state index in [1.807, 2.05) is 0 Å². The minimum atomic E-state index is -5.38. The molecule has 8 nitrogen and oxygen atoms in total. The molecule has 4 amide bonds. The Balaban J connectivity index is 1.30. The zero-order chi connectivity index (χ0) is 42.3. The van der Waals surface area contributed by atoms with Crippen molar-refractivity contribution in [3.63, 3.8) is 0 Å². The number of aromatic hydroxyl groups is 1. The molecule has 6 unspecified atom stereocenters. The molecule has 0 bridgehead atoms. The van der Waals surface area contributed by atoms with Crippen LogP contribution in [-0.4, -0.2) is 38.5 Å². The summed E-state index contributed by atoms with van der Waals surface area (Å²) < 4.78 is 162. The number of allylic oxidation sites excluding steroid dienone is 3. The molecule has 2 aliphatic carbocycles. The second kappa shape index (κ2) is 12.7. The molecule has 0 spiro atoms. The molecule has 8 rings (SSSR count). The number of phenols is 1. The van der Waals surface area contributed by atoms with Crippen molar-refractivity contribution in [1.29, 1.82) is 0 Å². The van der Waals surface area contributed by atoms with Crippen molar-refractivity contribution >= 4 is 58.2 Å². The molecule has 3 heterocycles. The third-order valence-corrected chi connectivity index (χ3v) is 12.6. The number of benzene rings is 3. The lowest BCUT2D eigenvalue weighted by Crippen LogP contribution is -2.61. The first-order valence-electron chi connectivity index (χ1n) is 16.8. The highest BCUT2D eigenvalue weighted by atomic mass is 35.5. The predicted octanol–water partition coefficient (Wildman–Crippen LogP) is 8.24. The number of carbonyl (C=O) groups is 4. The number of ether oxygens (including phenoxy) is 1. The van der Waals surface area contributed by atoms with Crippen molar-refractivity contribution in [2.24, 2.45) is 23.7 Å². The Bertz CT molecular complexity index is 2430. The van der Waals surface area contributed by atoms with Crippen molar-refractivity contribution in [3.8, 4) is 11.5 Å². The summed E-state index contributed by atoms with van der Waals surface area (Å²) >= 11 is 14.1. The van der Waals surface area contributed by atoms with E-state index in [2.05, 4.69) is 0 Å². The number of phenolic OH excluding ortho intramolecular Hbond substituents is 1. The van der Waals surface area contributed by atoms with Crippen LogP contribution in [0.25, 0.3) is 0 Å².